The van der Waals surface area contributed by atoms with Crippen LogP contribution in [0, 0.1) is 13.5 Å². The first-order chi connectivity index (χ1) is 12.3. The summed E-state index contributed by atoms with van der Waals surface area (Å²) in [6.07, 6.45) is 0. The summed E-state index contributed by atoms with van der Waals surface area (Å²) in [6, 6.07) is 5.59. The van der Waals surface area contributed by atoms with E-state index >= 15 is 0 Å². The summed E-state index contributed by atoms with van der Waals surface area (Å²) in [5.41, 5.74) is 1.98. The van der Waals surface area contributed by atoms with E-state index in [0.717, 1.165) is 27.5 Å². The molecule has 0 unspecified atom stereocenters. The van der Waals surface area contributed by atoms with E-state index < -0.39 is 18.4 Å². The van der Waals surface area contributed by atoms with E-state index in [1.165, 1.54) is 11.3 Å². The Morgan fingerprint density at radius 3 is 2.62 bits per heavy atom. The molecular formula is C19H23N3O2SSn. The standard InChI is InChI=1S/C16H14N3O2S.3CH3.Sn/c1-11-15(14(20)12-4-3-5-13(10-12)17-2)22-16(18-11)19-6-8-21-9-7-19;;;;/h3,5,10H,6-9H2,1H3;3*1H3;. The molecule has 1 aliphatic rings. The van der Waals surface area contributed by atoms with Crippen molar-refractivity contribution >= 4 is 49.9 Å². The summed E-state index contributed by atoms with van der Waals surface area (Å²) in [5.74, 6) is 0.00614. The summed E-state index contributed by atoms with van der Waals surface area (Å²) in [6.45, 7) is 12.2. The van der Waals surface area contributed by atoms with Crippen LogP contribution in [0.4, 0.5) is 10.8 Å². The third-order valence-corrected chi connectivity index (χ3v) is 11.5. The quantitative estimate of drug-likeness (QED) is 0.385. The van der Waals surface area contributed by atoms with E-state index in [4.69, 9.17) is 11.3 Å². The molecule has 1 aromatic carbocycles. The molecule has 0 atom stereocenters. The van der Waals surface area contributed by atoms with E-state index in [1.54, 1.807) is 6.07 Å². The third-order valence-electron chi connectivity index (χ3n) is 4.46. The molecule has 0 spiro atoms. The number of carbonyl (C=O) groups is 1. The molecule has 1 aliphatic heterocycles. The fourth-order valence-electron chi connectivity index (χ4n) is 3.05. The number of morpholine rings is 1. The van der Waals surface area contributed by atoms with Gasteiger partial charge in [-0.3, -0.25) is 0 Å². The Kier molecular flexibility index (Phi) is 5.70. The number of aryl methyl sites for hydroxylation is 1. The number of ketones is 1. The predicted octanol–water partition coefficient (Wildman–Crippen LogP) is 3.62. The molecule has 0 aliphatic carbocycles. The van der Waals surface area contributed by atoms with E-state index in [0.29, 0.717) is 29.3 Å². The van der Waals surface area contributed by atoms with Gasteiger partial charge in [-0.1, -0.05) is 0 Å². The Hall–Kier alpha value is -1.43. The van der Waals surface area contributed by atoms with Gasteiger partial charge in [-0.25, -0.2) is 0 Å². The fourth-order valence-corrected chi connectivity index (χ4v) is 8.62. The topological polar surface area (TPSA) is 46.8 Å². The average Bonchev–Trinajstić information content (AvgIpc) is 3.02. The van der Waals surface area contributed by atoms with Crippen molar-refractivity contribution in [3.63, 3.8) is 0 Å². The average molecular weight is 476 g/mol. The molecule has 0 amide bonds. The van der Waals surface area contributed by atoms with E-state index in [-0.39, 0.29) is 5.78 Å². The SMILES string of the molecule is [C-]#[N+]c1cc[c]([Sn]([CH3])([CH3])[CH3])c(C(=O)c2sc(N3CCOCC3)nc2C)c1. The summed E-state index contributed by atoms with van der Waals surface area (Å²) in [5, 5.41) is 0.885. The van der Waals surface area contributed by atoms with Crippen LogP contribution in [-0.4, -0.2) is 55.4 Å². The summed E-state index contributed by atoms with van der Waals surface area (Å²) in [7, 11) is 0. The van der Waals surface area contributed by atoms with Gasteiger partial charge in [0.25, 0.3) is 0 Å². The number of anilines is 1. The molecule has 0 radical (unpaired) electrons. The van der Waals surface area contributed by atoms with Gasteiger partial charge in [0.05, 0.1) is 0 Å². The Balaban J connectivity index is 2.02. The van der Waals surface area contributed by atoms with Crippen molar-refractivity contribution in [3.05, 3.63) is 45.8 Å². The van der Waals surface area contributed by atoms with Crippen molar-refractivity contribution in [3.8, 4) is 0 Å². The molecule has 1 saturated heterocycles. The Morgan fingerprint density at radius 2 is 2.00 bits per heavy atom. The second-order valence-electron chi connectivity index (χ2n) is 7.43. The zero-order chi connectivity index (χ0) is 18.9. The van der Waals surface area contributed by atoms with E-state index in [9.17, 15) is 4.79 Å². The van der Waals surface area contributed by atoms with Gasteiger partial charge < -0.3 is 0 Å². The number of carbonyl (C=O) groups excluding carboxylic acids is 1. The number of thiazole rings is 1. The van der Waals surface area contributed by atoms with Crippen LogP contribution >= 0.6 is 11.3 Å². The molecule has 0 N–H and O–H groups in total. The molecule has 0 bridgehead atoms. The van der Waals surface area contributed by atoms with Crippen LogP contribution in [0.2, 0.25) is 14.8 Å². The first-order valence-electron chi connectivity index (χ1n) is 8.68. The van der Waals surface area contributed by atoms with Crippen LogP contribution in [0.25, 0.3) is 4.85 Å². The second-order valence-corrected chi connectivity index (χ2v) is 22.8. The zero-order valence-electron chi connectivity index (χ0n) is 15.6. The number of benzene rings is 1. The van der Waals surface area contributed by atoms with Gasteiger partial charge in [-0.15, -0.1) is 0 Å². The maximum atomic E-state index is 13.4. The van der Waals surface area contributed by atoms with Crippen molar-refractivity contribution < 1.29 is 9.53 Å². The second kappa shape index (κ2) is 7.67. The van der Waals surface area contributed by atoms with Gasteiger partial charge >= 0.3 is 163 Å². The van der Waals surface area contributed by atoms with Crippen LogP contribution in [0.15, 0.2) is 18.2 Å². The normalized spacial score (nSPS) is 15.0. The molecular weight excluding hydrogens is 453 g/mol. The van der Waals surface area contributed by atoms with Gasteiger partial charge in [0.2, 0.25) is 0 Å². The fraction of sp³-hybridized carbons (Fsp3) is 0.421. The number of ether oxygens (including phenoxy) is 1. The number of hydrogen-bond acceptors (Lipinski definition) is 5. The van der Waals surface area contributed by atoms with Gasteiger partial charge in [0, 0.05) is 0 Å². The summed E-state index contributed by atoms with van der Waals surface area (Å²) < 4.78 is 6.57. The van der Waals surface area contributed by atoms with Crippen molar-refractivity contribution in [2.45, 2.75) is 21.7 Å². The van der Waals surface area contributed by atoms with Crippen LogP contribution in [0.5, 0.6) is 0 Å². The monoisotopic (exact) mass is 477 g/mol. The molecule has 2 heterocycles. The van der Waals surface area contributed by atoms with Gasteiger partial charge in [-0.2, -0.15) is 0 Å². The van der Waals surface area contributed by atoms with Gasteiger partial charge in [0.15, 0.2) is 0 Å². The predicted molar refractivity (Wildman–Crippen MR) is 109 cm³/mol. The number of aromatic nitrogens is 1. The van der Waals surface area contributed by atoms with Crippen LogP contribution in [0.3, 0.4) is 0 Å². The Morgan fingerprint density at radius 1 is 1.31 bits per heavy atom. The van der Waals surface area contributed by atoms with Crippen LogP contribution in [-0.2, 0) is 4.74 Å². The molecule has 0 saturated carbocycles. The third kappa shape index (κ3) is 3.95. The van der Waals surface area contributed by atoms with Crippen molar-refractivity contribution in [1.82, 2.24) is 4.98 Å². The van der Waals surface area contributed by atoms with Gasteiger partial charge in [0.1, 0.15) is 0 Å². The van der Waals surface area contributed by atoms with Gasteiger partial charge in [-0.05, 0) is 0 Å². The number of rotatable bonds is 4. The zero-order valence-corrected chi connectivity index (χ0v) is 19.3. The Labute approximate surface area is 162 Å². The molecule has 2 aromatic rings. The minimum atomic E-state index is -2.50. The molecule has 136 valence electrons. The van der Waals surface area contributed by atoms with E-state index in [1.807, 2.05) is 19.1 Å². The van der Waals surface area contributed by atoms with Crippen LogP contribution < -0.4 is 8.48 Å². The summed E-state index contributed by atoms with van der Waals surface area (Å²) in [4.78, 5) is 31.2. The molecule has 26 heavy (non-hydrogen) atoms. The number of nitrogens with zero attached hydrogens (tertiary/aromatic N) is 3. The molecule has 1 aromatic heterocycles. The Bertz CT molecular complexity index is 874. The van der Waals surface area contributed by atoms with Crippen LogP contribution in [0.1, 0.15) is 20.9 Å². The van der Waals surface area contributed by atoms with Crippen molar-refractivity contribution in [2.24, 2.45) is 0 Å². The van der Waals surface area contributed by atoms with Crippen molar-refractivity contribution in [2.75, 3.05) is 31.2 Å². The minimum absolute atomic E-state index is 0.00614. The molecule has 3 rings (SSSR count). The maximum absolute atomic E-state index is 13.4. The first kappa shape index (κ1) is 19.3. The summed E-state index contributed by atoms with van der Waals surface area (Å²) >= 11 is -1.05. The number of hydrogen-bond donors (Lipinski definition) is 0. The molecule has 7 heteroatoms. The molecule has 5 nitrogen and oxygen atoms in total. The van der Waals surface area contributed by atoms with Crippen molar-refractivity contribution in [1.29, 1.82) is 0 Å². The molecule has 1 fully saturated rings. The first-order valence-corrected chi connectivity index (χ1v) is 19.5. The van der Waals surface area contributed by atoms with E-state index in [2.05, 4.69) is 29.5 Å².